The molecule has 4 rings (SSSR count). The number of carbonyl (C=O) groups is 1. The highest BCUT2D eigenvalue weighted by molar-refractivity contribution is 7.86. The van der Waals surface area contributed by atoms with Crippen LogP contribution < -0.4 is 0 Å². The van der Waals surface area contributed by atoms with Gasteiger partial charge in [-0.15, -0.1) is 0 Å². The van der Waals surface area contributed by atoms with Gasteiger partial charge in [0.15, 0.2) is 0 Å². The number of hydrogen-bond donors (Lipinski definition) is 1. The lowest BCUT2D eigenvalue weighted by atomic mass is 9.49. The van der Waals surface area contributed by atoms with E-state index in [1.807, 2.05) is 0 Å². The van der Waals surface area contributed by atoms with Crippen LogP contribution in [-0.2, 0) is 19.6 Å². The molecule has 0 aromatic carbocycles. The van der Waals surface area contributed by atoms with Gasteiger partial charge in [0.05, 0.1) is 5.41 Å². The number of hydrogen-bond acceptors (Lipinski definition) is 4. The minimum atomic E-state index is -4.31. The molecule has 4 bridgehead atoms. The van der Waals surface area contributed by atoms with Gasteiger partial charge >= 0.3 is 16.1 Å². The Hall–Kier alpha value is -0.620. The number of rotatable bonds is 3. The van der Waals surface area contributed by atoms with Gasteiger partial charge in [-0.25, -0.2) is 0 Å². The maximum atomic E-state index is 12.4. The average Bonchev–Trinajstić information content (AvgIpc) is 2.25. The second-order valence-electron chi connectivity index (χ2n) is 6.69. The summed E-state index contributed by atoms with van der Waals surface area (Å²) in [7, 11) is -4.31. The first kappa shape index (κ1) is 13.4. The Morgan fingerprint density at radius 2 is 1.58 bits per heavy atom. The van der Waals surface area contributed by atoms with Crippen molar-refractivity contribution in [2.24, 2.45) is 23.2 Å². The second kappa shape index (κ2) is 4.19. The van der Waals surface area contributed by atoms with E-state index >= 15 is 0 Å². The zero-order chi connectivity index (χ0) is 13.8. The van der Waals surface area contributed by atoms with E-state index in [-0.39, 0.29) is 0 Å². The molecule has 0 radical (unpaired) electrons. The molecule has 1 atom stereocenters. The van der Waals surface area contributed by atoms with Gasteiger partial charge in [-0.2, -0.15) is 8.42 Å². The summed E-state index contributed by atoms with van der Waals surface area (Å²) in [6, 6.07) is 0. The van der Waals surface area contributed by atoms with Gasteiger partial charge < -0.3 is 4.74 Å². The monoisotopic (exact) mass is 288 g/mol. The molecule has 108 valence electrons. The Morgan fingerprint density at radius 1 is 1.16 bits per heavy atom. The Balaban J connectivity index is 1.76. The molecule has 0 aliphatic heterocycles. The Labute approximate surface area is 113 Å². The summed E-state index contributed by atoms with van der Waals surface area (Å²) < 4.78 is 35.9. The second-order valence-corrected chi connectivity index (χ2v) is 8.38. The van der Waals surface area contributed by atoms with Crippen LogP contribution in [-0.4, -0.2) is 24.4 Å². The summed E-state index contributed by atoms with van der Waals surface area (Å²) >= 11 is 0. The summed E-state index contributed by atoms with van der Waals surface area (Å²) in [5.74, 6) is 1.37. The van der Waals surface area contributed by atoms with E-state index in [0.717, 1.165) is 19.3 Å². The van der Waals surface area contributed by atoms with Crippen LogP contribution in [0.3, 0.4) is 0 Å². The van der Waals surface area contributed by atoms with Crippen molar-refractivity contribution >= 4 is 16.1 Å². The molecule has 4 aliphatic rings. The highest BCUT2D eigenvalue weighted by Gasteiger charge is 2.56. The molecule has 4 fully saturated rings. The van der Waals surface area contributed by atoms with Crippen molar-refractivity contribution in [3.63, 3.8) is 0 Å². The van der Waals surface area contributed by atoms with Crippen LogP contribution in [0.4, 0.5) is 0 Å². The van der Waals surface area contributed by atoms with Crippen LogP contribution in [0.2, 0.25) is 0 Å². The molecular formula is C13H20O5S. The Morgan fingerprint density at radius 3 is 1.95 bits per heavy atom. The normalized spacial score (nSPS) is 42.1. The first-order valence-corrected chi connectivity index (χ1v) is 8.46. The number of esters is 1. The Bertz CT molecular complexity index is 460. The zero-order valence-corrected chi connectivity index (χ0v) is 11.9. The van der Waals surface area contributed by atoms with Crippen molar-refractivity contribution < 1.29 is 22.5 Å². The van der Waals surface area contributed by atoms with Crippen molar-refractivity contribution in [3.8, 4) is 0 Å². The van der Waals surface area contributed by atoms with Gasteiger partial charge in [-0.3, -0.25) is 9.35 Å². The molecule has 4 saturated carbocycles. The molecule has 19 heavy (non-hydrogen) atoms. The summed E-state index contributed by atoms with van der Waals surface area (Å²) in [4.78, 5) is 12.4. The van der Waals surface area contributed by atoms with Crippen molar-refractivity contribution in [1.29, 1.82) is 0 Å². The molecular weight excluding hydrogens is 268 g/mol. The van der Waals surface area contributed by atoms with E-state index in [4.69, 9.17) is 9.29 Å². The molecule has 0 aromatic heterocycles. The van der Waals surface area contributed by atoms with Gasteiger partial charge in [0.25, 0.3) is 0 Å². The molecule has 5 nitrogen and oxygen atoms in total. The van der Waals surface area contributed by atoms with E-state index in [1.54, 1.807) is 0 Å². The topological polar surface area (TPSA) is 80.7 Å². The Kier molecular flexibility index (Phi) is 2.94. The van der Waals surface area contributed by atoms with Crippen LogP contribution in [0, 0.1) is 23.2 Å². The van der Waals surface area contributed by atoms with Crippen molar-refractivity contribution in [2.75, 3.05) is 0 Å². The quantitative estimate of drug-likeness (QED) is 0.634. The smallest absolute Gasteiger partial charge is 0.313 e. The van der Waals surface area contributed by atoms with Gasteiger partial charge in [-0.05, 0) is 63.2 Å². The van der Waals surface area contributed by atoms with Gasteiger partial charge in [-0.1, -0.05) is 0 Å². The lowest BCUT2D eigenvalue weighted by Gasteiger charge is -2.55. The van der Waals surface area contributed by atoms with Crippen molar-refractivity contribution in [3.05, 3.63) is 0 Å². The molecule has 1 unspecified atom stereocenters. The highest BCUT2D eigenvalue weighted by Crippen LogP contribution is 2.60. The van der Waals surface area contributed by atoms with E-state index in [1.165, 1.54) is 26.2 Å². The first-order valence-electron chi connectivity index (χ1n) is 6.96. The SMILES string of the molecule is CC(OC(=O)C12CC3CC(CC(C3)C1)C2)S(=O)(=O)O. The van der Waals surface area contributed by atoms with Gasteiger partial charge in [0.1, 0.15) is 0 Å². The number of carbonyl (C=O) groups excluding carboxylic acids is 1. The third-order valence-corrected chi connectivity index (χ3v) is 6.10. The zero-order valence-electron chi connectivity index (χ0n) is 11.0. The molecule has 1 N–H and O–H groups in total. The maximum absolute atomic E-state index is 12.4. The molecule has 0 heterocycles. The first-order chi connectivity index (χ1) is 8.78. The minimum Gasteiger partial charge on any atom is -0.443 e. The summed E-state index contributed by atoms with van der Waals surface area (Å²) in [5.41, 5.74) is -1.94. The summed E-state index contributed by atoms with van der Waals surface area (Å²) in [5, 5.41) is 0. The molecule has 0 amide bonds. The molecule has 6 heteroatoms. The van der Waals surface area contributed by atoms with Crippen LogP contribution in [0.25, 0.3) is 0 Å². The molecule has 0 aromatic rings. The summed E-state index contributed by atoms with van der Waals surface area (Å²) in [6.07, 6.45) is 6.11. The van der Waals surface area contributed by atoms with Crippen LogP contribution in [0.15, 0.2) is 0 Å². The van der Waals surface area contributed by atoms with E-state index in [9.17, 15) is 13.2 Å². The fraction of sp³-hybridized carbons (Fsp3) is 0.923. The van der Waals surface area contributed by atoms with E-state index in [0.29, 0.717) is 17.8 Å². The fourth-order valence-electron chi connectivity index (χ4n) is 4.70. The van der Waals surface area contributed by atoms with Crippen LogP contribution >= 0.6 is 0 Å². The van der Waals surface area contributed by atoms with E-state index < -0.39 is 26.9 Å². The summed E-state index contributed by atoms with van der Waals surface area (Å²) in [6.45, 7) is 1.20. The molecule has 0 saturated heterocycles. The van der Waals surface area contributed by atoms with Gasteiger partial charge in [0.2, 0.25) is 5.44 Å². The predicted molar refractivity (Wildman–Crippen MR) is 67.7 cm³/mol. The van der Waals surface area contributed by atoms with Crippen LogP contribution in [0.5, 0.6) is 0 Å². The standard InChI is InChI=1S/C13H20O5S/c1-8(19(15,16)17)18-12(14)13-5-9-2-10(6-13)4-11(3-9)7-13/h8-11H,2-7H2,1H3,(H,15,16,17). The molecule has 4 aliphatic carbocycles. The third-order valence-electron chi connectivity index (χ3n) is 5.16. The minimum absolute atomic E-state index is 0.420. The third kappa shape index (κ3) is 2.29. The fourth-order valence-corrected chi connectivity index (χ4v) is 4.91. The van der Waals surface area contributed by atoms with Crippen molar-refractivity contribution in [2.45, 2.75) is 50.9 Å². The van der Waals surface area contributed by atoms with Crippen molar-refractivity contribution in [1.82, 2.24) is 0 Å². The predicted octanol–water partition coefficient (Wildman–Crippen LogP) is 1.98. The lowest BCUT2D eigenvalue weighted by Crippen LogP contribution is -2.51. The maximum Gasteiger partial charge on any atom is 0.313 e. The number of ether oxygens (including phenoxy) is 1. The average molecular weight is 288 g/mol. The van der Waals surface area contributed by atoms with Crippen LogP contribution in [0.1, 0.15) is 45.4 Å². The van der Waals surface area contributed by atoms with E-state index in [2.05, 4.69) is 0 Å². The lowest BCUT2D eigenvalue weighted by molar-refractivity contribution is -0.173. The van der Waals surface area contributed by atoms with Gasteiger partial charge in [0, 0.05) is 0 Å². The highest BCUT2D eigenvalue weighted by atomic mass is 32.2. The molecule has 0 spiro atoms. The largest absolute Gasteiger partial charge is 0.443 e.